The summed E-state index contributed by atoms with van der Waals surface area (Å²) in [6, 6.07) is 0. The van der Waals surface area contributed by atoms with Gasteiger partial charge in [0.2, 0.25) is 0 Å². The zero-order valence-corrected chi connectivity index (χ0v) is 7.19. The van der Waals surface area contributed by atoms with Crippen molar-refractivity contribution in [3.8, 4) is 0 Å². The summed E-state index contributed by atoms with van der Waals surface area (Å²) in [4.78, 5) is 0. The van der Waals surface area contributed by atoms with Gasteiger partial charge >= 0.3 is 35.6 Å². The van der Waals surface area contributed by atoms with Crippen molar-refractivity contribution in [1.82, 2.24) is 0 Å². The number of hydrogen-bond acceptors (Lipinski definition) is 0. The van der Waals surface area contributed by atoms with Crippen molar-refractivity contribution in [2.75, 3.05) is 0 Å². The van der Waals surface area contributed by atoms with E-state index in [0.29, 0.717) is 0 Å². The predicted octanol–water partition coefficient (Wildman–Crippen LogP) is 1.11. The van der Waals surface area contributed by atoms with E-state index in [-0.39, 0.29) is 41.1 Å². The van der Waals surface area contributed by atoms with Gasteiger partial charge in [-0.3, -0.25) is 0 Å². The first-order valence-electron chi connectivity index (χ1n) is 1.15. The van der Waals surface area contributed by atoms with Crippen LogP contribution in [0, 0.1) is 42.0 Å². The summed E-state index contributed by atoms with van der Waals surface area (Å²) in [5, 5.41) is 0. The van der Waals surface area contributed by atoms with Gasteiger partial charge in [-0.1, -0.05) is 0 Å². The Kier molecular flexibility index (Phi) is 63.0. The van der Waals surface area contributed by atoms with Crippen molar-refractivity contribution in [1.29, 1.82) is 0 Å². The maximum Gasteiger partial charge on any atom is 3.00 e. The molecule has 0 saturated carbocycles. The molecule has 28 valence electrons. The van der Waals surface area contributed by atoms with Crippen molar-refractivity contribution in [3.05, 3.63) is 6.42 Å². The number of hydrogen-bond donors (Lipinski definition) is 0. The fraction of sp³-hybridized carbons (Fsp3) is 0.667. The van der Waals surface area contributed by atoms with Crippen LogP contribution in [0.2, 0.25) is 0 Å². The van der Waals surface area contributed by atoms with E-state index in [1.54, 1.807) is 0 Å². The zero-order chi connectivity index (χ0) is 2.71. The van der Waals surface area contributed by atoms with Crippen LogP contribution in [0.15, 0.2) is 0 Å². The van der Waals surface area contributed by atoms with Crippen LogP contribution in [-0.2, 0) is 5.48 Å². The maximum atomic E-state index is 2.00. The first-order valence-corrected chi connectivity index (χ1v) is 1.15. The molecule has 0 aromatic carbocycles. The van der Waals surface area contributed by atoms with Crippen LogP contribution in [-0.4, -0.2) is 0 Å². The minimum Gasteiger partial charge on any atom is -2.00 e. The second-order valence-electron chi connectivity index (χ2n) is 0.577. The largest absolute Gasteiger partial charge is 3.00 e. The molecule has 0 aromatic heterocycles. The van der Waals surface area contributed by atoms with Crippen molar-refractivity contribution in [3.63, 3.8) is 0 Å². The third-order valence-electron chi connectivity index (χ3n) is 0. The predicted molar refractivity (Wildman–Crippen MR) is 16.3 cm³/mol. The van der Waals surface area contributed by atoms with Gasteiger partial charge in [0.25, 0.3) is 0 Å². The average Bonchev–Trinajstić information content (AvgIpc) is 0.918. The first kappa shape index (κ1) is 16.4. The van der Waals surface area contributed by atoms with Gasteiger partial charge in [-0.25, -0.2) is 0 Å². The average molecular weight is 198 g/mol. The topological polar surface area (TPSA) is 28.5 Å². The molecule has 0 aromatic rings. The van der Waals surface area contributed by atoms with Gasteiger partial charge in [0.05, 0.1) is 0 Å². The van der Waals surface area contributed by atoms with Gasteiger partial charge in [0, 0.05) is 0 Å². The van der Waals surface area contributed by atoms with E-state index in [2.05, 4.69) is 0 Å². The summed E-state index contributed by atoms with van der Waals surface area (Å²) >= 11 is 0. The summed E-state index contributed by atoms with van der Waals surface area (Å²) in [5.74, 6) is 0. The minimum absolute atomic E-state index is 0. The molecule has 1 nitrogen and oxygen atoms in total. The van der Waals surface area contributed by atoms with Crippen LogP contribution in [0.5, 0.6) is 0 Å². The molecular formula is C3H7LaO. The standard InChI is InChI=1S/C3H7.La.O/c1-3-2;;/h3H,1-2H3;;/q-1;+3;-2. The third kappa shape index (κ3) is 38.5. The Morgan fingerprint density at radius 3 is 1.20 bits per heavy atom. The van der Waals surface area contributed by atoms with Crippen LogP contribution in [0.25, 0.3) is 0 Å². The first-order chi connectivity index (χ1) is 1.41. The maximum absolute atomic E-state index is 2.00. The quantitative estimate of drug-likeness (QED) is 0.521. The van der Waals surface area contributed by atoms with Crippen LogP contribution < -0.4 is 0 Å². The van der Waals surface area contributed by atoms with Gasteiger partial charge in [-0.05, 0) is 0 Å². The van der Waals surface area contributed by atoms with E-state index in [1.807, 2.05) is 20.3 Å². The molecule has 0 spiro atoms. The minimum atomic E-state index is 0. The Balaban J connectivity index is -0.0000000200. The molecule has 5 heavy (non-hydrogen) atoms. The Bertz CT molecular complexity index is 6.85. The summed E-state index contributed by atoms with van der Waals surface area (Å²) in [6.45, 7) is 4.00. The normalized spacial score (nSPS) is 3.60. The molecular weight excluding hydrogens is 191 g/mol. The van der Waals surface area contributed by atoms with Crippen molar-refractivity contribution >= 4 is 0 Å². The molecule has 0 aliphatic heterocycles. The van der Waals surface area contributed by atoms with E-state index in [1.165, 1.54) is 0 Å². The van der Waals surface area contributed by atoms with Crippen molar-refractivity contribution in [2.24, 2.45) is 0 Å². The molecule has 0 N–H and O–H groups in total. The molecule has 0 heterocycles. The smallest absolute Gasteiger partial charge is 2.00 e. The molecule has 0 amide bonds. The summed E-state index contributed by atoms with van der Waals surface area (Å²) in [6.07, 6.45) is 2.00. The summed E-state index contributed by atoms with van der Waals surface area (Å²) in [5.41, 5.74) is 0. The molecule has 0 fully saturated rings. The van der Waals surface area contributed by atoms with Crippen molar-refractivity contribution in [2.45, 2.75) is 13.8 Å². The van der Waals surface area contributed by atoms with Crippen LogP contribution >= 0.6 is 0 Å². The molecule has 0 aliphatic carbocycles. The van der Waals surface area contributed by atoms with Gasteiger partial charge in [0.1, 0.15) is 0 Å². The Hall–Kier alpha value is 1.15. The molecule has 0 bridgehead atoms. The fourth-order valence-corrected chi connectivity index (χ4v) is 0. The van der Waals surface area contributed by atoms with Crippen LogP contribution in [0.4, 0.5) is 0 Å². The van der Waals surface area contributed by atoms with E-state index in [4.69, 9.17) is 0 Å². The molecule has 0 aliphatic rings. The number of rotatable bonds is 0. The van der Waals surface area contributed by atoms with Gasteiger partial charge in [-0.15, -0.1) is 0 Å². The third-order valence-corrected chi connectivity index (χ3v) is 0. The SMILES string of the molecule is C[CH-]C.[La+3].[O-2]. The second kappa shape index (κ2) is 19.2. The molecule has 0 rings (SSSR count). The zero-order valence-electron chi connectivity index (χ0n) is 3.56. The summed E-state index contributed by atoms with van der Waals surface area (Å²) in [7, 11) is 0. The monoisotopic (exact) mass is 198 g/mol. The molecule has 0 radical (unpaired) electrons. The molecule has 2 heteroatoms. The van der Waals surface area contributed by atoms with E-state index >= 15 is 0 Å². The Labute approximate surface area is 61.1 Å². The van der Waals surface area contributed by atoms with E-state index in [9.17, 15) is 0 Å². The van der Waals surface area contributed by atoms with Gasteiger partial charge < -0.3 is 11.9 Å². The van der Waals surface area contributed by atoms with Crippen LogP contribution in [0.3, 0.4) is 0 Å². The Morgan fingerprint density at radius 1 is 1.20 bits per heavy atom. The molecule has 0 saturated heterocycles. The van der Waals surface area contributed by atoms with Gasteiger partial charge in [-0.2, -0.15) is 13.8 Å². The second-order valence-corrected chi connectivity index (χ2v) is 0.577. The van der Waals surface area contributed by atoms with E-state index in [0.717, 1.165) is 0 Å². The Morgan fingerprint density at radius 2 is 1.20 bits per heavy atom. The van der Waals surface area contributed by atoms with E-state index < -0.39 is 0 Å². The van der Waals surface area contributed by atoms with Gasteiger partial charge in [0.15, 0.2) is 0 Å². The fourth-order valence-electron chi connectivity index (χ4n) is 0. The van der Waals surface area contributed by atoms with Crippen molar-refractivity contribution < 1.29 is 41.1 Å². The molecule has 0 unspecified atom stereocenters. The molecule has 0 atom stereocenters. The van der Waals surface area contributed by atoms with Crippen LogP contribution in [0.1, 0.15) is 13.8 Å². The summed E-state index contributed by atoms with van der Waals surface area (Å²) < 4.78 is 0.